The number of amides is 1. The minimum atomic E-state index is -0.0839. The predicted octanol–water partition coefficient (Wildman–Crippen LogP) is 1.40. The van der Waals surface area contributed by atoms with Gasteiger partial charge >= 0.3 is 0 Å². The molecule has 1 heterocycles. The molecule has 0 saturated carbocycles. The van der Waals surface area contributed by atoms with Crippen LogP contribution >= 0.6 is 0 Å². The molecule has 1 saturated heterocycles. The van der Waals surface area contributed by atoms with E-state index in [1.165, 1.54) is 6.42 Å². The van der Waals surface area contributed by atoms with E-state index >= 15 is 0 Å². The van der Waals surface area contributed by atoms with E-state index in [1.807, 2.05) is 0 Å². The number of hydrogen-bond donors (Lipinski definition) is 1. The molecule has 0 aliphatic carbocycles. The van der Waals surface area contributed by atoms with E-state index in [1.54, 1.807) is 0 Å². The Morgan fingerprint density at radius 2 is 2.00 bits per heavy atom. The van der Waals surface area contributed by atoms with Crippen molar-refractivity contribution in [1.29, 1.82) is 0 Å². The maximum atomic E-state index is 11.9. The minimum Gasteiger partial charge on any atom is -0.379 e. The number of morpholine rings is 1. The highest BCUT2D eigenvalue weighted by atomic mass is 16.5. The van der Waals surface area contributed by atoms with Gasteiger partial charge < -0.3 is 10.1 Å². The van der Waals surface area contributed by atoms with E-state index in [4.69, 9.17) is 4.74 Å². The molecule has 1 fully saturated rings. The number of rotatable bonds is 6. The van der Waals surface area contributed by atoms with Crippen LogP contribution < -0.4 is 5.32 Å². The highest BCUT2D eigenvalue weighted by Gasteiger charge is 2.21. The second-order valence-corrected chi connectivity index (χ2v) is 5.42. The van der Waals surface area contributed by atoms with Crippen LogP contribution in [0.15, 0.2) is 0 Å². The Labute approximate surface area is 105 Å². The molecule has 0 bridgehead atoms. The fourth-order valence-corrected chi connectivity index (χ4v) is 2.06. The molecule has 1 aliphatic heterocycles. The molecule has 4 nitrogen and oxygen atoms in total. The van der Waals surface area contributed by atoms with Crippen molar-refractivity contribution >= 4 is 5.91 Å². The van der Waals surface area contributed by atoms with Gasteiger partial charge in [-0.15, -0.1) is 0 Å². The average Bonchev–Trinajstić information content (AvgIpc) is 2.27. The van der Waals surface area contributed by atoms with Gasteiger partial charge in [0.1, 0.15) is 0 Å². The van der Waals surface area contributed by atoms with Crippen molar-refractivity contribution in [3.8, 4) is 0 Å². The molecule has 0 spiro atoms. The smallest absolute Gasteiger partial charge is 0.234 e. The van der Waals surface area contributed by atoms with Gasteiger partial charge in [-0.05, 0) is 20.3 Å². The van der Waals surface area contributed by atoms with E-state index in [-0.39, 0.29) is 11.4 Å². The lowest BCUT2D eigenvalue weighted by atomic mass is 9.97. The van der Waals surface area contributed by atoms with Gasteiger partial charge in [-0.25, -0.2) is 0 Å². The van der Waals surface area contributed by atoms with Gasteiger partial charge in [0.05, 0.1) is 19.8 Å². The summed E-state index contributed by atoms with van der Waals surface area (Å²) in [6.07, 6.45) is 3.37. The normalized spacial score (nSPS) is 18.1. The molecular weight excluding hydrogens is 216 g/mol. The van der Waals surface area contributed by atoms with E-state index in [2.05, 4.69) is 31.0 Å². The zero-order valence-electron chi connectivity index (χ0n) is 11.4. The van der Waals surface area contributed by atoms with Gasteiger partial charge in [0, 0.05) is 18.6 Å². The van der Waals surface area contributed by atoms with Crippen LogP contribution in [0.3, 0.4) is 0 Å². The van der Waals surface area contributed by atoms with Crippen molar-refractivity contribution in [1.82, 2.24) is 10.2 Å². The van der Waals surface area contributed by atoms with Crippen molar-refractivity contribution in [2.75, 3.05) is 32.8 Å². The molecule has 1 N–H and O–H groups in total. The van der Waals surface area contributed by atoms with E-state index in [0.717, 1.165) is 39.1 Å². The third kappa shape index (κ3) is 6.03. The van der Waals surface area contributed by atoms with Gasteiger partial charge in [0.25, 0.3) is 0 Å². The maximum Gasteiger partial charge on any atom is 0.234 e. The van der Waals surface area contributed by atoms with Crippen LogP contribution in [0.5, 0.6) is 0 Å². The minimum absolute atomic E-state index is 0.0839. The van der Waals surface area contributed by atoms with Crippen LogP contribution in [0.4, 0.5) is 0 Å². The zero-order chi connectivity index (χ0) is 12.7. The van der Waals surface area contributed by atoms with Crippen molar-refractivity contribution in [3.05, 3.63) is 0 Å². The molecule has 0 unspecified atom stereocenters. The predicted molar refractivity (Wildman–Crippen MR) is 69.0 cm³/mol. The fraction of sp³-hybridized carbons (Fsp3) is 0.923. The number of hydrogen-bond acceptors (Lipinski definition) is 3. The molecule has 1 amide bonds. The zero-order valence-corrected chi connectivity index (χ0v) is 11.4. The summed E-state index contributed by atoms with van der Waals surface area (Å²) in [6, 6.07) is 0. The van der Waals surface area contributed by atoms with Crippen LogP contribution in [-0.4, -0.2) is 49.2 Å². The van der Waals surface area contributed by atoms with E-state index in [0.29, 0.717) is 6.54 Å². The Balaban J connectivity index is 2.27. The number of carbonyl (C=O) groups excluding carboxylic acids is 1. The van der Waals surface area contributed by atoms with Crippen LogP contribution in [0.2, 0.25) is 0 Å². The fourth-order valence-electron chi connectivity index (χ4n) is 2.06. The lowest BCUT2D eigenvalue weighted by Crippen LogP contribution is -2.49. The second-order valence-electron chi connectivity index (χ2n) is 5.42. The summed E-state index contributed by atoms with van der Waals surface area (Å²) in [5, 5.41) is 3.12. The van der Waals surface area contributed by atoms with Crippen molar-refractivity contribution in [2.24, 2.45) is 0 Å². The summed E-state index contributed by atoms with van der Waals surface area (Å²) >= 11 is 0. The van der Waals surface area contributed by atoms with E-state index in [9.17, 15) is 4.79 Å². The Bertz CT molecular complexity index is 236. The highest BCUT2D eigenvalue weighted by molar-refractivity contribution is 5.78. The average molecular weight is 242 g/mol. The first kappa shape index (κ1) is 14.5. The molecule has 0 atom stereocenters. The summed E-state index contributed by atoms with van der Waals surface area (Å²) < 4.78 is 5.26. The van der Waals surface area contributed by atoms with Gasteiger partial charge in [-0.1, -0.05) is 19.8 Å². The Morgan fingerprint density at radius 1 is 1.35 bits per heavy atom. The van der Waals surface area contributed by atoms with Gasteiger partial charge in [-0.2, -0.15) is 0 Å². The first-order chi connectivity index (χ1) is 8.03. The molecule has 0 aromatic rings. The van der Waals surface area contributed by atoms with Gasteiger partial charge in [0.15, 0.2) is 0 Å². The van der Waals surface area contributed by atoms with Crippen LogP contribution in [0.25, 0.3) is 0 Å². The Kier molecular flexibility index (Phi) is 5.92. The Morgan fingerprint density at radius 3 is 2.59 bits per heavy atom. The third-order valence-corrected chi connectivity index (χ3v) is 3.10. The topological polar surface area (TPSA) is 41.6 Å². The van der Waals surface area contributed by atoms with Crippen LogP contribution in [-0.2, 0) is 9.53 Å². The molecule has 1 aliphatic rings. The lowest BCUT2D eigenvalue weighted by molar-refractivity contribution is -0.124. The summed E-state index contributed by atoms with van der Waals surface area (Å²) in [6.45, 7) is 10.1. The molecule has 1 rings (SSSR count). The molecule has 100 valence electrons. The van der Waals surface area contributed by atoms with Gasteiger partial charge in [-0.3, -0.25) is 9.69 Å². The number of ether oxygens (including phenoxy) is 1. The molecule has 0 aromatic carbocycles. The molecule has 0 aromatic heterocycles. The largest absolute Gasteiger partial charge is 0.379 e. The van der Waals surface area contributed by atoms with E-state index < -0.39 is 0 Å². The van der Waals surface area contributed by atoms with Crippen molar-refractivity contribution < 1.29 is 9.53 Å². The molecule has 4 heteroatoms. The van der Waals surface area contributed by atoms with Crippen molar-refractivity contribution in [3.63, 3.8) is 0 Å². The number of carbonyl (C=O) groups is 1. The molecule has 0 radical (unpaired) electrons. The Hall–Kier alpha value is -0.610. The van der Waals surface area contributed by atoms with Crippen molar-refractivity contribution in [2.45, 2.75) is 45.6 Å². The summed E-state index contributed by atoms with van der Waals surface area (Å²) in [4.78, 5) is 14.0. The van der Waals surface area contributed by atoms with Crippen LogP contribution in [0, 0.1) is 0 Å². The standard InChI is InChI=1S/C13H26N2O2/c1-4-5-6-13(2,3)14-12(16)11-15-7-9-17-10-8-15/h4-11H2,1-3H3,(H,14,16). The van der Waals surface area contributed by atoms with Crippen LogP contribution in [0.1, 0.15) is 40.0 Å². The molecule has 17 heavy (non-hydrogen) atoms. The third-order valence-electron chi connectivity index (χ3n) is 3.10. The summed E-state index contributed by atoms with van der Waals surface area (Å²) in [5.74, 6) is 0.132. The second kappa shape index (κ2) is 6.97. The summed E-state index contributed by atoms with van der Waals surface area (Å²) in [5.41, 5.74) is -0.0839. The maximum absolute atomic E-state index is 11.9. The highest BCUT2D eigenvalue weighted by Crippen LogP contribution is 2.12. The van der Waals surface area contributed by atoms with Gasteiger partial charge in [0.2, 0.25) is 5.91 Å². The number of nitrogens with zero attached hydrogens (tertiary/aromatic N) is 1. The first-order valence-corrected chi connectivity index (χ1v) is 6.64. The first-order valence-electron chi connectivity index (χ1n) is 6.64. The SMILES string of the molecule is CCCCC(C)(C)NC(=O)CN1CCOCC1. The summed E-state index contributed by atoms with van der Waals surface area (Å²) in [7, 11) is 0. The lowest BCUT2D eigenvalue weighted by Gasteiger charge is -2.30. The molecular formula is C13H26N2O2. The number of unbranched alkanes of at least 4 members (excludes halogenated alkanes) is 1. The number of nitrogens with one attached hydrogen (secondary N) is 1. The quantitative estimate of drug-likeness (QED) is 0.765. The monoisotopic (exact) mass is 242 g/mol.